The lowest BCUT2D eigenvalue weighted by Crippen LogP contribution is -2.29. The normalized spacial score (nSPS) is 17.8. The average molecular weight is 309 g/mol. The van der Waals surface area contributed by atoms with E-state index in [-0.39, 0.29) is 6.04 Å². The van der Waals surface area contributed by atoms with Crippen molar-refractivity contribution in [3.05, 3.63) is 59.7 Å². The zero-order valence-corrected chi connectivity index (χ0v) is 14.1. The number of piperidine rings is 1. The van der Waals surface area contributed by atoms with Crippen molar-refractivity contribution in [1.82, 2.24) is 4.90 Å². The van der Waals surface area contributed by atoms with Crippen LogP contribution in [0, 0.1) is 0 Å². The molecule has 0 amide bonds. The van der Waals surface area contributed by atoms with Gasteiger partial charge in [-0.25, -0.2) is 0 Å². The molecular formula is C20H27N3. The molecule has 0 aromatic heterocycles. The van der Waals surface area contributed by atoms with Crippen LogP contribution >= 0.6 is 0 Å². The molecule has 3 nitrogen and oxygen atoms in total. The smallest absolute Gasteiger partial charge is 0.0581 e. The minimum atomic E-state index is 0.242. The Morgan fingerprint density at radius 3 is 2.48 bits per heavy atom. The Bertz CT molecular complexity index is 631. The Labute approximate surface area is 139 Å². The molecule has 1 atom stereocenters. The molecule has 23 heavy (non-hydrogen) atoms. The number of hydrogen-bond acceptors (Lipinski definition) is 3. The van der Waals surface area contributed by atoms with E-state index in [1.165, 1.54) is 37.1 Å². The van der Waals surface area contributed by atoms with Gasteiger partial charge in [-0.3, -0.25) is 0 Å². The van der Waals surface area contributed by atoms with Gasteiger partial charge in [0.2, 0.25) is 0 Å². The van der Waals surface area contributed by atoms with Gasteiger partial charge >= 0.3 is 0 Å². The van der Waals surface area contributed by atoms with Crippen LogP contribution in [0.1, 0.15) is 42.9 Å². The number of nitrogen functional groups attached to an aromatic ring is 1. The zero-order chi connectivity index (χ0) is 16.2. The minimum absolute atomic E-state index is 0.242. The summed E-state index contributed by atoms with van der Waals surface area (Å²) in [5.74, 6) is 0.652. The molecule has 0 radical (unpaired) electrons. The summed E-state index contributed by atoms with van der Waals surface area (Å²) in [7, 11) is 2.20. The molecule has 3 heteroatoms. The molecule has 1 saturated heterocycles. The number of likely N-dealkylation sites (tertiary alicyclic amines) is 1. The second-order valence-corrected chi connectivity index (χ2v) is 6.70. The Hall–Kier alpha value is -2.00. The van der Waals surface area contributed by atoms with Crippen LogP contribution in [0.2, 0.25) is 0 Å². The van der Waals surface area contributed by atoms with Gasteiger partial charge in [-0.05, 0) is 69.1 Å². The predicted octanol–water partition coefficient (Wildman–Crippen LogP) is 4.25. The first kappa shape index (κ1) is 15.9. The minimum Gasteiger partial charge on any atom is -0.397 e. The van der Waals surface area contributed by atoms with E-state index >= 15 is 0 Å². The van der Waals surface area contributed by atoms with Crippen LogP contribution in [0.3, 0.4) is 0 Å². The number of benzene rings is 2. The van der Waals surface area contributed by atoms with E-state index in [0.717, 1.165) is 11.4 Å². The molecule has 3 rings (SSSR count). The summed E-state index contributed by atoms with van der Waals surface area (Å²) in [5.41, 5.74) is 10.8. The summed E-state index contributed by atoms with van der Waals surface area (Å²) < 4.78 is 0. The number of hydrogen-bond donors (Lipinski definition) is 2. The van der Waals surface area contributed by atoms with Gasteiger partial charge in [0.15, 0.2) is 0 Å². The van der Waals surface area contributed by atoms with Crippen molar-refractivity contribution >= 4 is 11.4 Å². The van der Waals surface area contributed by atoms with Crippen molar-refractivity contribution in [2.45, 2.75) is 31.7 Å². The highest BCUT2D eigenvalue weighted by atomic mass is 15.1. The van der Waals surface area contributed by atoms with Crippen LogP contribution in [-0.4, -0.2) is 25.0 Å². The van der Waals surface area contributed by atoms with Gasteiger partial charge in [-0.1, -0.05) is 36.4 Å². The fourth-order valence-corrected chi connectivity index (χ4v) is 3.35. The maximum Gasteiger partial charge on any atom is 0.0581 e. The maximum absolute atomic E-state index is 6.20. The van der Waals surface area contributed by atoms with Gasteiger partial charge in [-0.2, -0.15) is 0 Å². The molecule has 3 N–H and O–H groups in total. The van der Waals surface area contributed by atoms with Crippen LogP contribution in [0.15, 0.2) is 48.5 Å². The second-order valence-electron chi connectivity index (χ2n) is 6.70. The molecule has 1 aliphatic heterocycles. The van der Waals surface area contributed by atoms with E-state index < -0.39 is 0 Å². The fraction of sp³-hybridized carbons (Fsp3) is 0.400. The van der Waals surface area contributed by atoms with Crippen molar-refractivity contribution in [2.24, 2.45) is 0 Å². The van der Waals surface area contributed by atoms with Crippen LogP contribution in [0.4, 0.5) is 11.4 Å². The van der Waals surface area contributed by atoms with E-state index in [4.69, 9.17) is 5.73 Å². The number of rotatable bonds is 4. The molecule has 1 aliphatic rings. The van der Waals surface area contributed by atoms with Crippen LogP contribution < -0.4 is 11.1 Å². The number of nitrogens with one attached hydrogen (secondary N) is 1. The summed E-state index contributed by atoms with van der Waals surface area (Å²) >= 11 is 0. The van der Waals surface area contributed by atoms with Crippen molar-refractivity contribution in [3.8, 4) is 0 Å². The quantitative estimate of drug-likeness (QED) is 0.830. The lowest BCUT2D eigenvalue weighted by molar-refractivity contribution is 0.255. The van der Waals surface area contributed by atoms with Crippen molar-refractivity contribution in [1.29, 1.82) is 0 Å². The molecule has 122 valence electrons. The number of nitrogens with zero attached hydrogens (tertiary/aromatic N) is 1. The molecule has 1 unspecified atom stereocenters. The van der Waals surface area contributed by atoms with Crippen LogP contribution in [0.5, 0.6) is 0 Å². The lowest BCUT2D eigenvalue weighted by atomic mass is 9.89. The molecule has 2 aromatic rings. The fourth-order valence-electron chi connectivity index (χ4n) is 3.35. The predicted molar refractivity (Wildman–Crippen MR) is 98.8 cm³/mol. The largest absolute Gasteiger partial charge is 0.397 e. The van der Waals surface area contributed by atoms with Gasteiger partial charge in [0, 0.05) is 6.04 Å². The molecule has 0 saturated carbocycles. The van der Waals surface area contributed by atoms with Gasteiger partial charge in [-0.15, -0.1) is 0 Å². The van der Waals surface area contributed by atoms with Crippen molar-refractivity contribution < 1.29 is 0 Å². The first-order valence-electron chi connectivity index (χ1n) is 8.53. The first-order valence-corrected chi connectivity index (χ1v) is 8.53. The van der Waals surface area contributed by atoms with Crippen molar-refractivity contribution in [2.75, 3.05) is 31.2 Å². The van der Waals surface area contributed by atoms with Gasteiger partial charge in [0.05, 0.1) is 11.4 Å². The Morgan fingerprint density at radius 2 is 1.78 bits per heavy atom. The summed E-state index contributed by atoms with van der Waals surface area (Å²) in [6, 6.07) is 17.2. The zero-order valence-electron chi connectivity index (χ0n) is 14.1. The molecule has 1 fully saturated rings. The SMILES string of the molecule is CC(Nc1cc(C2CCN(C)CC2)ccc1N)c1ccccc1. The average Bonchev–Trinajstić information content (AvgIpc) is 2.58. The molecule has 0 spiro atoms. The summed E-state index contributed by atoms with van der Waals surface area (Å²) in [4.78, 5) is 2.41. The third kappa shape index (κ3) is 3.85. The third-order valence-electron chi connectivity index (χ3n) is 4.94. The Balaban J connectivity index is 1.75. The highest BCUT2D eigenvalue weighted by Gasteiger charge is 2.19. The van der Waals surface area contributed by atoms with Crippen molar-refractivity contribution in [3.63, 3.8) is 0 Å². The molecule has 0 aliphatic carbocycles. The first-order chi connectivity index (χ1) is 11.1. The summed E-state index contributed by atoms with van der Waals surface area (Å²) in [6.45, 7) is 4.54. The van der Waals surface area contributed by atoms with Gasteiger partial charge in [0.1, 0.15) is 0 Å². The second kappa shape index (κ2) is 7.05. The molecule has 2 aromatic carbocycles. The maximum atomic E-state index is 6.20. The van der Waals surface area contributed by atoms with Crippen LogP contribution in [0.25, 0.3) is 0 Å². The monoisotopic (exact) mass is 309 g/mol. The third-order valence-corrected chi connectivity index (χ3v) is 4.94. The standard InChI is InChI=1S/C20H27N3/c1-15(16-6-4-3-5-7-16)22-20-14-18(8-9-19(20)21)17-10-12-23(2)13-11-17/h3-9,14-15,17,22H,10-13,21H2,1-2H3. The Morgan fingerprint density at radius 1 is 1.09 bits per heavy atom. The molecule has 0 bridgehead atoms. The van der Waals surface area contributed by atoms with E-state index in [1.54, 1.807) is 0 Å². The molecule has 1 heterocycles. The Kier molecular flexibility index (Phi) is 4.87. The van der Waals surface area contributed by atoms with E-state index in [2.05, 4.69) is 60.6 Å². The highest BCUT2D eigenvalue weighted by molar-refractivity contribution is 5.68. The van der Waals surface area contributed by atoms with Crippen LogP contribution in [-0.2, 0) is 0 Å². The van der Waals surface area contributed by atoms with Gasteiger partial charge in [0.25, 0.3) is 0 Å². The number of anilines is 2. The summed E-state index contributed by atoms with van der Waals surface area (Å²) in [6.07, 6.45) is 2.46. The van der Waals surface area contributed by atoms with E-state index in [1.807, 2.05) is 12.1 Å². The molecular weight excluding hydrogens is 282 g/mol. The van der Waals surface area contributed by atoms with Gasteiger partial charge < -0.3 is 16.0 Å². The van der Waals surface area contributed by atoms with E-state index in [9.17, 15) is 0 Å². The lowest BCUT2D eigenvalue weighted by Gasteiger charge is -2.29. The number of nitrogens with two attached hydrogens (primary N) is 1. The summed E-state index contributed by atoms with van der Waals surface area (Å²) in [5, 5.41) is 3.58. The van der Waals surface area contributed by atoms with E-state index in [0.29, 0.717) is 5.92 Å². The highest BCUT2D eigenvalue weighted by Crippen LogP contribution is 2.32. The topological polar surface area (TPSA) is 41.3 Å².